The lowest BCUT2D eigenvalue weighted by Crippen LogP contribution is -2.82. The maximum Gasteiger partial charge on any atom is 0.338 e. The first-order valence-electron chi connectivity index (χ1n) is 27.2. The zero-order valence-corrected chi connectivity index (χ0v) is 49.7. The molecule has 1 aliphatic heterocycles. The van der Waals surface area contributed by atoms with Crippen molar-refractivity contribution in [2.45, 2.75) is 186 Å². The molecule has 17 heteroatoms. The third kappa shape index (κ3) is 10.6. The molecule has 11 atom stereocenters. The highest BCUT2D eigenvalue weighted by Crippen LogP contribution is 2.65. The number of nitrogens with zero attached hydrogens (tertiary/aromatic N) is 1. The number of carbonyl (C=O) groups is 6. The summed E-state index contributed by atoms with van der Waals surface area (Å²) >= 11 is 0. The molecule has 15 nitrogen and oxygen atoms in total. The average molecular weight is 1100 g/mol. The van der Waals surface area contributed by atoms with Gasteiger partial charge < -0.3 is 42.5 Å². The molecular formula is C60H81NO14Si2. The van der Waals surface area contributed by atoms with Crippen LogP contribution in [0.5, 0.6) is 0 Å². The molecule has 418 valence electrons. The summed E-state index contributed by atoms with van der Waals surface area (Å²) in [5.41, 5.74) is -5.93. The monoisotopic (exact) mass is 1100 g/mol. The Morgan fingerprint density at radius 3 is 1.84 bits per heavy atom. The predicted molar refractivity (Wildman–Crippen MR) is 294 cm³/mol. The van der Waals surface area contributed by atoms with Gasteiger partial charge in [0.1, 0.15) is 23.9 Å². The van der Waals surface area contributed by atoms with E-state index in [-0.39, 0.29) is 30.1 Å². The largest absolute Gasteiger partial charge is 0.456 e. The minimum Gasteiger partial charge on any atom is -0.456 e. The SMILES string of the molecule is CC[Si](CC)(CC)O[C@H]1CC2OC[C@@]2(OC(C)=O)[C@H]2[C@H](OC(=O)c3ccccc3)[C@]3(O)C[C@H](OC(=O)[C@H](O[Si](C)(C)C(C)(C)C)[C@H](c4ccccc4)N(C)C(=O)c4ccccc4)C(C)=C([C@@H](OC(C)=O)C(=O)[C@]12C)C3(C)C. The molecule has 0 aromatic heterocycles. The Morgan fingerprint density at radius 1 is 0.805 bits per heavy atom. The second kappa shape index (κ2) is 22.1. The normalized spacial score (nSPS) is 28.7. The minimum atomic E-state index is -2.96. The van der Waals surface area contributed by atoms with Crippen molar-refractivity contribution in [2.75, 3.05) is 13.7 Å². The van der Waals surface area contributed by atoms with Gasteiger partial charge in [-0.25, -0.2) is 9.59 Å². The predicted octanol–water partition coefficient (Wildman–Crippen LogP) is 10.1. The van der Waals surface area contributed by atoms with Crippen LogP contribution in [0.3, 0.4) is 0 Å². The maximum absolute atomic E-state index is 16.6. The summed E-state index contributed by atoms with van der Waals surface area (Å²) in [7, 11) is -4.00. The lowest BCUT2D eigenvalue weighted by Gasteiger charge is -2.68. The van der Waals surface area contributed by atoms with Crippen LogP contribution in [0.15, 0.2) is 102 Å². The highest BCUT2D eigenvalue weighted by atomic mass is 28.4. The molecule has 1 saturated heterocycles. The number of likely N-dealkylation sites (N-methyl/N-ethyl adjacent to an activating group) is 1. The van der Waals surface area contributed by atoms with Crippen LogP contribution in [0.4, 0.5) is 0 Å². The number of ether oxygens (including phenoxy) is 5. The summed E-state index contributed by atoms with van der Waals surface area (Å²) in [6.45, 7) is 25.2. The third-order valence-corrected chi connectivity index (χ3v) is 27.5. The lowest BCUT2D eigenvalue weighted by atomic mass is 9.44. The van der Waals surface area contributed by atoms with Gasteiger partial charge in [0.05, 0.1) is 35.6 Å². The van der Waals surface area contributed by atoms with Gasteiger partial charge in [0, 0.05) is 44.7 Å². The van der Waals surface area contributed by atoms with E-state index in [1.807, 2.05) is 64.2 Å². The van der Waals surface area contributed by atoms with Gasteiger partial charge in [-0.2, -0.15) is 0 Å². The molecule has 2 bridgehead atoms. The molecule has 3 fully saturated rings. The molecule has 1 heterocycles. The molecule has 7 rings (SSSR count). The van der Waals surface area contributed by atoms with Gasteiger partial charge in [-0.15, -0.1) is 0 Å². The third-order valence-electron chi connectivity index (χ3n) is 18.4. The van der Waals surface area contributed by atoms with Crippen molar-refractivity contribution in [1.82, 2.24) is 4.90 Å². The second-order valence-corrected chi connectivity index (χ2v) is 33.4. The summed E-state index contributed by atoms with van der Waals surface area (Å²) in [6.07, 6.45) is -8.54. The fraction of sp³-hybridized carbons (Fsp3) is 0.567. The van der Waals surface area contributed by atoms with E-state index < -0.39 is 128 Å². The summed E-state index contributed by atoms with van der Waals surface area (Å²) in [4.78, 5) is 90.7. The number of amides is 1. The Hall–Kier alpha value is -5.31. The van der Waals surface area contributed by atoms with Crippen LogP contribution in [0.25, 0.3) is 0 Å². The van der Waals surface area contributed by atoms with E-state index in [1.165, 1.54) is 18.7 Å². The molecule has 0 radical (unpaired) electrons. The van der Waals surface area contributed by atoms with Crippen LogP contribution >= 0.6 is 0 Å². The first kappa shape index (κ1) is 59.4. The molecule has 2 saturated carbocycles. The quantitative estimate of drug-likeness (QED) is 0.0581. The molecule has 4 aliphatic rings. The molecule has 1 amide bonds. The summed E-state index contributed by atoms with van der Waals surface area (Å²) in [5.74, 6) is -5.66. The van der Waals surface area contributed by atoms with Crippen LogP contribution in [0.1, 0.15) is 128 Å². The first-order valence-corrected chi connectivity index (χ1v) is 32.6. The number of hydrogen-bond acceptors (Lipinski definition) is 14. The van der Waals surface area contributed by atoms with Crippen molar-refractivity contribution in [3.63, 3.8) is 0 Å². The number of carbonyl (C=O) groups excluding carboxylic acids is 6. The molecular weight excluding hydrogens is 1010 g/mol. The van der Waals surface area contributed by atoms with Crippen LogP contribution in [-0.4, -0.2) is 124 Å². The lowest BCUT2D eigenvalue weighted by molar-refractivity contribution is -0.344. The maximum atomic E-state index is 16.6. The minimum absolute atomic E-state index is 0.0897. The summed E-state index contributed by atoms with van der Waals surface area (Å²) in [6, 6.07) is 27.1. The second-order valence-electron chi connectivity index (χ2n) is 24.0. The number of benzene rings is 3. The van der Waals surface area contributed by atoms with Gasteiger partial charge in [-0.1, -0.05) is 122 Å². The van der Waals surface area contributed by atoms with Crippen molar-refractivity contribution < 1.29 is 66.4 Å². The van der Waals surface area contributed by atoms with Gasteiger partial charge in [0.2, 0.25) is 0 Å². The molecule has 1 N–H and O–H groups in total. The number of hydrogen-bond donors (Lipinski definition) is 1. The van der Waals surface area contributed by atoms with Gasteiger partial charge in [-0.05, 0) is 91.1 Å². The molecule has 3 aromatic carbocycles. The fourth-order valence-corrected chi connectivity index (χ4v) is 16.7. The van der Waals surface area contributed by atoms with E-state index in [0.717, 1.165) is 0 Å². The Kier molecular flexibility index (Phi) is 17.0. The Labute approximate surface area is 456 Å². The van der Waals surface area contributed by atoms with Crippen LogP contribution in [0, 0.1) is 16.7 Å². The van der Waals surface area contributed by atoms with Crippen LogP contribution in [-0.2, 0) is 51.7 Å². The van der Waals surface area contributed by atoms with Crippen molar-refractivity contribution in [3.8, 4) is 0 Å². The van der Waals surface area contributed by atoms with Crippen molar-refractivity contribution in [3.05, 3.63) is 119 Å². The molecule has 77 heavy (non-hydrogen) atoms. The van der Waals surface area contributed by atoms with Crippen molar-refractivity contribution in [2.24, 2.45) is 16.7 Å². The van der Waals surface area contributed by atoms with Gasteiger partial charge in [-0.3, -0.25) is 19.2 Å². The van der Waals surface area contributed by atoms with Crippen molar-refractivity contribution in [1.29, 1.82) is 0 Å². The molecule has 1 unspecified atom stereocenters. The highest BCUT2D eigenvalue weighted by Gasteiger charge is 2.79. The fourth-order valence-electron chi connectivity index (χ4n) is 12.6. The van der Waals surface area contributed by atoms with E-state index in [0.29, 0.717) is 34.8 Å². The van der Waals surface area contributed by atoms with E-state index in [2.05, 4.69) is 20.8 Å². The van der Waals surface area contributed by atoms with Crippen LogP contribution in [0.2, 0.25) is 36.3 Å². The number of aliphatic hydroxyl groups is 1. The topological polar surface area (TPSA) is 190 Å². The molecule has 0 spiro atoms. The van der Waals surface area contributed by atoms with Crippen molar-refractivity contribution >= 4 is 52.2 Å². The Balaban J connectivity index is 1.50. The smallest absolute Gasteiger partial charge is 0.338 e. The Bertz CT molecular complexity index is 2710. The van der Waals surface area contributed by atoms with E-state index >= 15 is 9.59 Å². The zero-order valence-electron chi connectivity index (χ0n) is 47.7. The number of fused-ring (bicyclic) bond motifs is 5. The molecule has 3 aromatic rings. The average Bonchev–Trinajstić information content (AvgIpc) is 3.58. The summed E-state index contributed by atoms with van der Waals surface area (Å²) < 4.78 is 47.2. The molecule has 3 aliphatic carbocycles. The van der Waals surface area contributed by atoms with E-state index in [9.17, 15) is 24.3 Å². The van der Waals surface area contributed by atoms with Crippen LogP contribution < -0.4 is 0 Å². The number of esters is 4. The zero-order chi connectivity index (χ0) is 56.8. The highest BCUT2D eigenvalue weighted by molar-refractivity contribution is 6.74. The van der Waals surface area contributed by atoms with Gasteiger partial charge >= 0.3 is 23.9 Å². The Morgan fingerprint density at radius 2 is 1.35 bits per heavy atom. The number of rotatable bonds is 17. The summed E-state index contributed by atoms with van der Waals surface area (Å²) in [5, 5.41) is 14.0. The first-order chi connectivity index (χ1) is 36.0. The van der Waals surface area contributed by atoms with E-state index in [1.54, 1.807) is 95.4 Å². The number of ketones is 1. The van der Waals surface area contributed by atoms with E-state index in [4.69, 9.17) is 32.5 Å². The standard InChI is InChI=1S/C60H81NO14Si2/c1-16-77(17-2,18-3)74-44-34-45-59(36-69-45,73-39(6)63)50-52(72-54(66)42-32-26-21-27-33-42)60(68)35-43(37(4)46(57(60,10)11)48(70-38(5)62)51(64)58(44,50)12)71-55(67)49(75-76(14,15)56(7,8)9)47(40-28-22-19-23-29-40)61(13)53(65)41-30-24-20-25-31-41/h19-33,43-45,47-50,52,68H,16-18,34-36H2,1-15H3/t43-,44-,45?,47-,48+,49+,50-,52-,58+,59-,60+/m0/s1. The number of Topliss-reactive ketones (excluding diaryl/α,β-unsaturated/α-hetero) is 1. The van der Waals surface area contributed by atoms with Gasteiger partial charge in [0.15, 0.2) is 40.2 Å². The van der Waals surface area contributed by atoms with Gasteiger partial charge in [0.25, 0.3) is 5.91 Å².